The second kappa shape index (κ2) is 8.77. The first kappa shape index (κ1) is 19.7. The van der Waals surface area contributed by atoms with Crippen molar-refractivity contribution in [2.24, 2.45) is 0 Å². The van der Waals surface area contributed by atoms with Crippen molar-refractivity contribution in [1.29, 1.82) is 0 Å². The highest BCUT2D eigenvalue weighted by atomic mass is 32.1. The van der Waals surface area contributed by atoms with E-state index in [1.54, 1.807) is 18.2 Å². The van der Waals surface area contributed by atoms with Gasteiger partial charge in [0.05, 0.1) is 10.2 Å². The van der Waals surface area contributed by atoms with Gasteiger partial charge in [0.25, 0.3) is 5.91 Å². The van der Waals surface area contributed by atoms with Crippen LogP contribution in [0, 0.1) is 6.92 Å². The van der Waals surface area contributed by atoms with Crippen molar-refractivity contribution in [1.82, 2.24) is 10.3 Å². The minimum Gasteiger partial charge on any atom is -0.483 e. The zero-order valence-electron chi connectivity index (χ0n) is 15.2. The molecule has 0 spiro atoms. The van der Waals surface area contributed by atoms with E-state index in [4.69, 9.17) is 17.0 Å². The van der Waals surface area contributed by atoms with Gasteiger partial charge in [0.15, 0.2) is 16.9 Å². The smallest absolute Gasteiger partial charge is 0.264 e. The molecule has 0 aliphatic rings. The fraction of sp³-hybridized carbons (Fsp3) is 0.158. The summed E-state index contributed by atoms with van der Waals surface area (Å²) in [6, 6.07) is 12.9. The van der Waals surface area contributed by atoms with E-state index >= 15 is 0 Å². The van der Waals surface area contributed by atoms with Gasteiger partial charge in [-0.05, 0) is 49.0 Å². The number of carbonyl (C=O) groups excluding carboxylic acids is 2. The number of anilines is 2. The average molecular weight is 415 g/mol. The Bertz CT molecular complexity index is 1050. The summed E-state index contributed by atoms with van der Waals surface area (Å²) in [7, 11) is 0. The van der Waals surface area contributed by atoms with Crippen LogP contribution in [0.2, 0.25) is 0 Å². The van der Waals surface area contributed by atoms with Crippen molar-refractivity contribution in [3.05, 3.63) is 48.0 Å². The monoisotopic (exact) mass is 414 g/mol. The van der Waals surface area contributed by atoms with Crippen LogP contribution in [-0.4, -0.2) is 28.5 Å². The normalized spacial score (nSPS) is 10.4. The van der Waals surface area contributed by atoms with Crippen LogP contribution in [0.1, 0.15) is 12.5 Å². The molecule has 3 rings (SSSR count). The molecule has 1 heterocycles. The molecule has 0 bridgehead atoms. The number of thiazole rings is 1. The molecule has 0 saturated heterocycles. The molecular weight excluding hydrogens is 396 g/mol. The molecule has 3 aromatic rings. The van der Waals surface area contributed by atoms with Gasteiger partial charge < -0.3 is 15.4 Å². The van der Waals surface area contributed by atoms with Crippen molar-refractivity contribution in [3.8, 4) is 5.75 Å². The first-order valence-electron chi connectivity index (χ1n) is 8.38. The molecule has 144 valence electrons. The van der Waals surface area contributed by atoms with Gasteiger partial charge in [0.2, 0.25) is 5.91 Å². The maximum absolute atomic E-state index is 12.0. The Labute approximate surface area is 171 Å². The van der Waals surface area contributed by atoms with Gasteiger partial charge in [-0.15, -0.1) is 0 Å². The third kappa shape index (κ3) is 5.24. The minimum atomic E-state index is -0.366. The van der Waals surface area contributed by atoms with Crippen molar-refractivity contribution in [3.63, 3.8) is 0 Å². The maximum atomic E-state index is 12.0. The van der Waals surface area contributed by atoms with Crippen LogP contribution in [0.15, 0.2) is 42.5 Å². The first-order chi connectivity index (χ1) is 13.4. The van der Waals surface area contributed by atoms with Crippen molar-refractivity contribution in [2.75, 3.05) is 17.2 Å². The van der Waals surface area contributed by atoms with E-state index in [0.717, 1.165) is 15.8 Å². The van der Waals surface area contributed by atoms with Gasteiger partial charge >= 0.3 is 0 Å². The summed E-state index contributed by atoms with van der Waals surface area (Å²) in [6.07, 6.45) is 0. The third-order valence-corrected chi connectivity index (χ3v) is 4.77. The predicted octanol–water partition coefficient (Wildman–Crippen LogP) is 3.46. The molecular formula is C19H18N4O3S2. The molecule has 0 atom stereocenters. The number of amides is 2. The summed E-state index contributed by atoms with van der Waals surface area (Å²) in [5.74, 6) is 0.145. The summed E-state index contributed by atoms with van der Waals surface area (Å²) >= 11 is 6.53. The number of ether oxygens (including phenoxy) is 1. The van der Waals surface area contributed by atoms with Crippen LogP contribution in [0.4, 0.5) is 10.8 Å². The van der Waals surface area contributed by atoms with Gasteiger partial charge in [-0.3, -0.25) is 14.9 Å². The predicted molar refractivity (Wildman–Crippen MR) is 115 cm³/mol. The second-order valence-corrected chi connectivity index (χ2v) is 7.38. The first-order valence-corrected chi connectivity index (χ1v) is 9.60. The number of para-hydroxylation sites is 1. The Hall–Kier alpha value is -3.04. The average Bonchev–Trinajstić information content (AvgIpc) is 3.01. The molecule has 1 aromatic heterocycles. The van der Waals surface area contributed by atoms with Crippen molar-refractivity contribution < 1.29 is 14.3 Å². The number of aromatic nitrogens is 1. The topological polar surface area (TPSA) is 92.4 Å². The van der Waals surface area contributed by atoms with E-state index in [1.165, 1.54) is 18.3 Å². The lowest BCUT2D eigenvalue weighted by Crippen LogP contribution is -2.37. The van der Waals surface area contributed by atoms with Crippen LogP contribution in [0.25, 0.3) is 10.2 Å². The molecule has 0 aliphatic heterocycles. The Kier molecular flexibility index (Phi) is 6.17. The summed E-state index contributed by atoms with van der Waals surface area (Å²) in [5, 5.41) is 8.87. The van der Waals surface area contributed by atoms with Crippen LogP contribution < -0.4 is 20.7 Å². The summed E-state index contributed by atoms with van der Waals surface area (Å²) in [6.45, 7) is 3.21. The Morgan fingerprint density at radius 2 is 1.96 bits per heavy atom. The number of rotatable bonds is 5. The standard InChI is InChI=1S/C19H18N4O3S2/c1-11-5-3-4-6-15(11)26-10-17(25)22-18(27)23-19-21-14-8-7-13(20-12(2)24)9-16(14)28-19/h3-9H,10H2,1-2H3,(H,20,24)(H2,21,22,23,25,27). The van der Waals surface area contributed by atoms with Crippen molar-refractivity contribution >= 4 is 61.5 Å². The summed E-state index contributed by atoms with van der Waals surface area (Å²) < 4.78 is 6.38. The van der Waals surface area contributed by atoms with E-state index in [0.29, 0.717) is 16.6 Å². The minimum absolute atomic E-state index is 0.138. The lowest BCUT2D eigenvalue weighted by Gasteiger charge is -2.10. The molecule has 0 saturated carbocycles. The Morgan fingerprint density at radius 1 is 1.18 bits per heavy atom. The Balaban J connectivity index is 1.56. The van der Waals surface area contributed by atoms with E-state index in [-0.39, 0.29) is 23.5 Å². The highest BCUT2D eigenvalue weighted by molar-refractivity contribution is 7.80. The highest BCUT2D eigenvalue weighted by Gasteiger charge is 2.10. The fourth-order valence-electron chi connectivity index (χ4n) is 2.41. The van der Waals surface area contributed by atoms with Crippen LogP contribution in [-0.2, 0) is 9.59 Å². The molecule has 2 amide bonds. The van der Waals surface area contributed by atoms with Gasteiger partial charge in [-0.1, -0.05) is 29.5 Å². The molecule has 2 aromatic carbocycles. The van der Waals surface area contributed by atoms with Gasteiger partial charge in [0.1, 0.15) is 5.75 Å². The number of nitrogens with one attached hydrogen (secondary N) is 3. The number of thiocarbonyl (C=S) groups is 1. The molecule has 0 radical (unpaired) electrons. The van der Waals surface area contributed by atoms with E-state index in [2.05, 4.69) is 20.9 Å². The zero-order chi connectivity index (χ0) is 20.1. The van der Waals surface area contributed by atoms with Crippen LogP contribution in [0.5, 0.6) is 5.75 Å². The number of carbonyl (C=O) groups is 2. The lowest BCUT2D eigenvalue weighted by atomic mass is 10.2. The van der Waals surface area contributed by atoms with Gasteiger partial charge in [-0.25, -0.2) is 4.98 Å². The second-order valence-electron chi connectivity index (χ2n) is 5.94. The number of fused-ring (bicyclic) bond motifs is 1. The molecule has 28 heavy (non-hydrogen) atoms. The number of aryl methyl sites for hydroxylation is 1. The maximum Gasteiger partial charge on any atom is 0.264 e. The molecule has 9 heteroatoms. The SMILES string of the molecule is CC(=O)Nc1ccc2nc(NC(=S)NC(=O)COc3ccccc3C)sc2c1. The summed E-state index contributed by atoms with van der Waals surface area (Å²) in [5.41, 5.74) is 2.40. The quantitative estimate of drug-likeness (QED) is 0.554. The third-order valence-electron chi connectivity index (χ3n) is 3.63. The fourth-order valence-corrected chi connectivity index (χ4v) is 3.60. The molecule has 0 unspecified atom stereocenters. The number of benzene rings is 2. The van der Waals surface area contributed by atoms with E-state index in [1.807, 2.05) is 31.2 Å². The van der Waals surface area contributed by atoms with Gasteiger partial charge in [0, 0.05) is 12.6 Å². The number of hydrogen-bond donors (Lipinski definition) is 3. The molecule has 7 nitrogen and oxygen atoms in total. The van der Waals surface area contributed by atoms with E-state index < -0.39 is 0 Å². The molecule has 0 fully saturated rings. The molecule has 3 N–H and O–H groups in total. The van der Waals surface area contributed by atoms with E-state index in [9.17, 15) is 9.59 Å². The zero-order valence-corrected chi connectivity index (χ0v) is 16.9. The van der Waals surface area contributed by atoms with Crippen LogP contribution >= 0.6 is 23.6 Å². The Morgan fingerprint density at radius 3 is 2.71 bits per heavy atom. The summed E-state index contributed by atoms with van der Waals surface area (Å²) in [4.78, 5) is 27.6. The van der Waals surface area contributed by atoms with Gasteiger partial charge in [-0.2, -0.15) is 0 Å². The molecule has 0 aliphatic carbocycles. The number of nitrogens with zero attached hydrogens (tertiary/aromatic N) is 1. The van der Waals surface area contributed by atoms with Crippen molar-refractivity contribution in [2.45, 2.75) is 13.8 Å². The number of hydrogen-bond acceptors (Lipinski definition) is 6. The lowest BCUT2D eigenvalue weighted by molar-refractivity contribution is -0.121. The largest absolute Gasteiger partial charge is 0.483 e. The highest BCUT2D eigenvalue weighted by Crippen LogP contribution is 2.28. The van der Waals surface area contributed by atoms with Crippen LogP contribution in [0.3, 0.4) is 0 Å².